The number of nitrogens with zero attached hydrogens (tertiary/aromatic N) is 3. The molecular weight excluding hydrogens is 473 g/mol. The summed E-state index contributed by atoms with van der Waals surface area (Å²) in [5.74, 6) is -0.917. The van der Waals surface area contributed by atoms with Gasteiger partial charge in [-0.2, -0.15) is 18.2 Å². The Morgan fingerprint density at radius 1 is 1.15 bits per heavy atom. The van der Waals surface area contributed by atoms with Crippen molar-refractivity contribution in [2.75, 3.05) is 13.7 Å². The van der Waals surface area contributed by atoms with Crippen LogP contribution in [0.25, 0.3) is 22.8 Å². The first-order chi connectivity index (χ1) is 16.0. The number of nitrogens with one attached hydrogen (secondary N) is 1. The number of hydrogen-bond donors (Lipinski definition) is 1. The molecule has 0 saturated heterocycles. The van der Waals surface area contributed by atoms with Crippen LogP contribution in [0.5, 0.6) is 0 Å². The molecule has 0 aliphatic heterocycles. The van der Waals surface area contributed by atoms with Crippen molar-refractivity contribution in [2.45, 2.75) is 32.2 Å². The number of aromatic nitrogens is 3. The number of alkyl halides is 3. The zero-order chi connectivity index (χ0) is 25.1. The first-order valence-corrected chi connectivity index (χ1v) is 10.6. The minimum absolute atomic E-state index is 0.133. The topological polar surface area (TPSA) is 88.2 Å². The average molecular weight is 495 g/mol. The Morgan fingerprint density at radius 3 is 2.44 bits per heavy atom. The van der Waals surface area contributed by atoms with E-state index in [1.54, 1.807) is 36.4 Å². The van der Waals surface area contributed by atoms with Crippen LogP contribution in [0.1, 0.15) is 19.4 Å². The van der Waals surface area contributed by atoms with Crippen molar-refractivity contribution < 1.29 is 22.7 Å². The molecule has 0 aliphatic carbocycles. The largest absolute Gasteiger partial charge is 0.426 e. The Labute approximate surface area is 198 Å². The van der Waals surface area contributed by atoms with E-state index in [2.05, 4.69) is 15.0 Å². The number of aromatic amines is 1. The highest BCUT2D eigenvalue weighted by Gasteiger charge is 2.59. The lowest BCUT2D eigenvalue weighted by molar-refractivity contribution is -0.264. The second-order valence-corrected chi connectivity index (χ2v) is 8.04. The van der Waals surface area contributed by atoms with Gasteiger partial charge in [0.05, 0.1) is 5.02 Å². The predicted molar refractivity (Wildman–Crippen MR) is 121 cm³/mol. The van der Waals surface area contributed by atoms with E-state index < -0.39 is 23.4 Å². The van der Waals surface area contributed by atoms with Crippen molar-refractivity contribution in [2.24, 2.45) is 0 Å². The van der Waals surface area contributed by atoms with Crippen molar-refractivity contribution in [1.82, 2.24) is 19.9 Å². The van der Waals surface area contributed by atoms with Gasteiger partial charge in [-0.05, 0) is 31.5 Å². The fourth-order valence-electron chi connectivity index (χ4n) is 3.34. The highest BCUT2D eigenvalue weighted by Crippen LogP contribution is 2.35. The summed E-state index contributed by atoms with van der Waals surface area (Å²) in [6, 6.07) is 13.5. The van der Waals surface area contributed by atoms with Gasteiger partial charge >= 0.3 is 11.9 Å². The lowest BCUT2D eigenvalue weighted by Gasteiger charge is -2.34. The first-order valence-electron chi connectivity index (χ1n) is 10.2. The molecule has 7 nitrogen and oxygen atoms in total. The van der Waals surface area contributed by atoms with Gasteiger partial charge in [-0.25, -0.2) is 9.78 Å². The predicted octanol–water partition coefficient (Wildman–Crippen LogP) is 4.47. The number of ether oxygens (including phenoxy) is 1. The Bertz CT molecular complexity index is 1230. The van der Waals surface area contributed by atoms with Gasteiger partial charge in [0.1, 0.15) is 5.82 Å². The maximum Gasteiger partial charge on any atom is 0.426 e. The fourth-order valence-corrected chi connectivity index (χ4v) is 3.55. The molecule has 1 aromatic heterocycles. The summed E-state index contributed by atoms with van der Waals surface area (Å²) in [5.41, 5.74) is -2.20. The van der Waals surface area contributed by atoms with Crippen LogP contribution in [0.2, 0.25) is 5.02 Å². The second kappa shape index (κ2) is 9.94. The third kappa shape index (κ3) is 5.28. The summed E-state index contributed by atoms with van der Waals surface area (Å²) in [6.45, 7) is 1.64. The molecule has 3 rings (SSSR count). The van der Waals surface area contributed by atoms with Crippen LogP contribution in [0, 0.1) is 0 Å². The van der Waals surface area contributed by atoms with E-state index >= 15 is 0 Å². The molecule has 0 radical (unpaired) electrons. The number of H-pyrrole nitrogens is 1. The zero-order valence-corrected chi connectivity index (χ0v) is 19.4. The number of carbonyl (C=O) groups excluding carboxylic acids is 1. The summed E-state index contributed by atoms with van der Waals surface area (Å²) >= 11 is 6.32. The minimum Gasteiger partial charge on any atom is -0.358 e. The Kier molecular flexibility index (Phi) is 7.42. The van der Waals surface area contributed by atoms with Crippen LogP contribution in [-0.4, -0.2) is 51.2 Å². The number of rotatable bonds is 7. The SMILES string of the molecule is CCO[C@@](C)(C(=O)N(C)Cc1ccc(Cl)c(-c2nc(-c3ccccc3)nc(=O)[nH]2)c1)C(F)(F)F. The number of halogens is 4. The highest BCUT2D eigenvalue weighted by atomic mass is 35.5. The number of likely N-dealkylation sites (N-methyl/N-ethyl adjacent to an activating group) is 1. The molecule has 3 aromatic rings. The Balaban J connectivity index is 1.94. The van der Waals surface area contributed by atoms with E-state index in [9.17, 15) is 22.8 Å². The molecule has 1 N–H and O–H groups in total. The lowest BCUT2D eigenvalue weighted by Crippen LogP contribution is -2.56. The van der Waals surface area contributed by atoms with Gasteiger partial charge in [-0.3, -0.25) is 9.78 Å². The van der Waals surface area contributed by atoms with E-state index in [1.807, 2.05) is 6.07 Å². The van der Waals surface area contributed by atoms with E-state index in [1.165, 1.54) is 20.0 Å². The molecule has 0 saturated carbocycles. The highest BCUT2D eigenvalue weighted by molar-refractivity contribution is 6.33. The van der Waals surface area contributed by atoms with Gasteiger partial charge in [0, 0.05) is 31.3 Å². The molecule has 11 heteroatoms. The molecular formula is C23H22ClF3N4O3. The summed E-state index contributed by atoms with van der Waals surface area (Å²) in [5, 5.41) is 0.250. The number of hydrogen-bond acceptors (Lipinski definition) is 5. The van der Waals surface area contributed by atoms with Crippen LogP contribution in [0.3, 0.4) is 0 Å². The van der Waals surface area contributed by atoms with E-state index in [-0.39, 0.29) is 29.8 Å². The summed E-state index contributed by atoms with van der Waals surface area (Å²) in [6.07, 6.45) is -4.90. The quantitative estimate of drug-likeness (QED) is 0.523. The molecule has 1 heterocycles. The van der Waals surface area contributed by atoms with Crippen molar-refractivity contribution in [1.29, 1.82) is 0 Å². The summed E-state index contributed by atoms with van der Waals surface area (Å²) in [4.78, 5) is 36.5. The molecule has 0 fully saturated rings. The maximum atomic E-state index is 13.6. The molecule has 34 heavy (non-hydrogen) atoms. The molecule has 1 amide bonds. The second-order valence-electron chi connectivity index (χ2n) is 7.63. The molecule has 0 spiro atoms. The fraction of sp³-hybridized carbons (Fsp3) is 0.304. The standard InChI is InChI=1S/C23H22ClF3N4O3/c1-4-34-22(2,23(25,26)27)20(32)31(3)13-14-10-11-17(24)16(12-14)19-28-18(29-21(33)30-19)15-8-6-5-7-9-15/h5-12H,4,13H2,1-3H3,(H,28,29,30,33)/t22-/m0/s1. The monoisotopic (exact) mass is 494 g/mol. The van der Waals surface area contributed by atoms with Crippen molar-refractivity contribution in [3.8, 4) is 22.8 Å². The van der Waals surface area contributed by atoms with Crippen LogP contribution in [-0.2, 0) is 16.1 Å². The van der Waals surface area contributed by atoms with E-state index in [0.717, 1.165) is 4.90 Å². The van der Waals surface area contributed by atoms with Gasteiger partial charge in [0.15, 0.2) is 5.82 Å². The van der Waals surface area contributed by atoms with Gasteiger partial charge < -0.3 is 9.64 Å². The molecule has 0 aliphatic rings. The molecule has 180 valence electrons. The lowest BCUT2D eigenvalue weighted by atomic mass is 10.0. The zero-order valence-electron chi connectivity index (χ0n) is 18.6. The van der Waals surface area contributed by atoms with Crippen molar-refractivity contribution in [3.63, 3.8) is 0 Å². The molecule has 1 atom stereocenters. The number of benzene rings is 2. The molecule has 0 unspecified atom stereocenters. The van der Waals surface area contributed by atoms with E-state index in [0.29, 0.717) is 23.6 Å². The average Bonchev–Trinajstić information content (AvgIpc) is 2.79. The van der Waals surface area contributed by atoms with Gasteiger partial charge in [0.2, 0.25) is 5.60 Å². The van der Waals surface area contributed by atoms with Gasteiger partial charge in [-0.1, -0.05) is 48.0 Å². The summed E-state index contributed by atoms with van der Waals surface area (Å²) < 4.78 is 45.5. The summed E-state index contributed by atoms with van der Waals surface area (Å²) in [7, 11) is 1.25. The van der Waals surface area contributed by atoms with Crippen LogP contribution < -0.4 is 5.69 Å². The third-order valence-electron chi connectivity index (χ3n) is 5.12. The Hall–Kier alpha value is -3.24. The molecule has 2 aromatic carbocycles. The van der Waals surface area contributed by atoms with Crippen molar-refractivity contribution in [3.05, 3.63) is 69.6 Å². The number of carbonyl (C=O) groups is 1. The third-order valence-corrected chi connectivity index (χ3v) is 5.45. The minimum atomic E-state index is -4.90. The van der Waals surface area contributed by atoms with E-state index in [4.69, 9.17) is 16.3 Å². The smallest absolute Gasteiger partial charge is 0.358 e. The number of amides is 1. The van der Waals surface area contributed by atoms with Gasteiger partial charge in [-0.15, -0.1) is 0 Å². The van der Waals surface area contributed by atoms with Crippen LogP contribution >= 0.6 is 11.6 Å². The van der Waals surface area contributed by atoms with Crippen LogP contribution in [0.4, 0.5) is 13.2 Å². The maximum absolute atomic E-state index is 13.6. The Morgan fingerprint density at radius 2 is 1.82 bits per heavy atom. The van der Waals surface area contributed by atoms with Gasteiger partial charge in [0.25, 0.3) is 5.91 Å². The normalized spacial score (nSPS) is 13.4. The van der Waals surface area contributed by atoms with Crippen molar-refractivity contribution >= 4 is 17.5 Å². The van der Waals surface area contributed by atoms with Crippen LogP contribution in [0.15, 0.2) is 53.3 Å². The first kappa shape index (κ1) is 25.4. The molecule has 0 bridgehead atoms.